The van der Waals surface area contributed by atoms with E-state index in [1.54, 1.807) is 48.5 Å². The van der Waals surface area contributed by atoms with Crippen LogP contribution in [-0.4, -0.2) is 33.1 Å². The van der Waals surface area contributed by atoms with Crippen molar-refractivity contribution in [3.8, 4) is 0 Å². The minimum absolute atomic E-state index is 0. The van der Waals surface area contributed by atoms with Gasteiger partial charge in [-0.2, -0.15) is 0 Å². The summed E-state index contributed by atoms with van der Waals surface area (Å²) in [5, 5.41) is 2.78. The van der Waals surface area contributed by atoms with Gasteiger partial charge in [0.15, 0.2) is 0 Å². The molecular weight excluding hydrogens is 402 g/mol. The Morgan fingerprint density at radius 1 is 1.00 bits per heavy atom. The number of anilines is 2. The molecule has 0 unspecified atom stereocenters. The van der Waals surface area contributed by atoms with Crippen molar-refractivity contribution in [2.24, 2.45) is 5.73 Å². The first kappa shape index (κ1) is 22.2. The number of benzene rings is 2. The van der Waals surface area contributed by atoms with E-state index in [0.717, 1.165) is 5.56 Å². The van der Waals surface area contributed by atoms with Gasteiger partial charge in [-0.1, -0.05) is 17.7 Å². The van der Waals surface area contributed by atoms with Gasteiger partial charge in [0.1, 0.15) is 5.54 Å². The van der Waals surface area contributed by atoms with Gasteiger partial charge >= 0.3 is 0 Å². The highest BCUT2D eigenvalue weighted by Crippen LogP contribution is 2.22. The molecule has 0 atom stereocenters. The highest BCUT2D eigenvalue weighted by atomic mass is 35.5. The number of sulfonamides is 1. The first-order chi connectivity index (χ1) is 12.8. The molecule has 2 aromatic carbocycles. The van der Waals surface area contributed by atoms with E-state index in [1.807, 2.05) is 6.92 Å². The number of hydrogen-bond donors (Lipinski definition) is 3. The molecule has 0 aromatic heterocycles. The van der Waals surface area contributed by atoms with Crippen LogP contribution in [0.1, 0.15) is 18.4 Å². The molecule has 7 nitrogen and oxygen atoms in total. The summed E-state index contributed by atoms with van der Waals surface area (Å²) in [6.45, 7) is 2.82. The van der Waals surface area contributed by atoms with E-state index in [4.69, 9.17) is 10.5 Å². The van der Waals surface area contributed by atoms with Crippen LogP contribution < -0.4 is 15.8 Å². The maximum absolute atomic E-state index is 12.4. The Balaban J connectivity index is 0.00000280. The van der Waals surface area contributed by atoms with Crippen molar-refractivity contribution >= 4 is 39.7 Å². The number of carbonyl (C=O) groups is 1. The van der Waals surface area contributed by atoms with Crippen molar-refractivity contribution in [3.05, 3.63) is 54.1 Å². The van der Waals surface area contributed by atoms with E-state index in [2.05, 4.69) is 10.0 Å². The van der Waals surface area contributed by atoms with Gasteiger partial charge in [0, 0.05) is 24.6 Å². The highest BCUT2D eigenvalue weighted by molar-refractivity contribution is 7.92. The number of hydrogen-bond acceptors (Lipinski definition) is 5. The van der Waals surface area contributed by atoms with Crippen LogP contribution >= 0.6 is 12.4 Å². The molecule has 1 heterocycles. The molecule has 4 N–H and O–H groups in total. The zero-order chi connectivity index (χ0) is 19.5. The molecule has 1 saturated heterocycles. The smallest absolute Gasteiger partial charge is 0.261 e. The molecule has 0 aliphatic carbocycles. The van der Waals surface area contributed by atoms with E-state index >= 15 is 0 Å². The van der Waals surface area contributed by atoms with E-state index in [1.165, 1.54) is 0 Å². The minimum atomic E-state index is -3.66. The number of halogens is 1. The molecule has 1 aliphatic heterocycles. The van der Waals surface area contributed by atoms with E-state index in [9.17, 15) is 13.2 Å². The Kier molecular flexibility index (Phi) is 7.06. The quantitative estimate of drug-likeness (QED) is 0.682. The van der Waals surface area contributed by atoms with E-state index in [-0.39, 0.29) is 23.2 Å². The third-order valence-corrected chi connectivity index (χ3v) is 5.96. The summed E-state index contributed by atoms with van der Waals surface area (Å²) in [4.78, 5) is 12.6. The Morgan fingerprint density at radius 3 is 2.11 bits per heavy atom. The molecule has 0 spiro atoms. The van der Waals surface area contributed by atoms with E-state index in [0.29, 0.717) is 37.4 Å². The molecule has 0 saturated carbocycles. The molecule has 9 heteroatoms. The Hall–Kier alpha value is -2.13. The van der Waals surface area contributed by atoms with Gasteiger partial charge in [0.25, 0.3) is 10.0 Å². The van der Waals surface area contributed by atoms with Crippen molar-refractivity contribution in [1.82, 2.24) is 0 Å². The van der Waals surface area contributed by atoms with Crippen LogP contribution in [0.15, 0.2) is 53.4 Å². The SMILES string of the molecule is Cc1ccc(S(=O)(=O)Nc2ccc(NC(=O)C3(N)CCOCC3)cc2)cc1.Cl. The molecule has 1 aliphatic rings. The highest BCUT2D eigenvalue weighted by Gasteiger charge is 2.35. The van der Waals surface area contributed by atoms with Crippen LogP contribution in [0.2, 0.25) is 0 Å². The monoisotopic (exact) mass is 425 g/mol. The van der Waals surface area contributed by atoms with Gasteiger partial charge < -0.3 is 15.8 Å². The van der Waals surface area contributed by atoms with Crippen molar-refractivity contribution in [2.45, 2.75) is 30.2 Å². The van der Waals surface area contributed by atoms with Gasteiger partial charge in [-0.25, -0.2) is 8.42 Å². The molecule has 1 amide bonds. The second kappa shape index (κ2) is 8.91. The number of carbonyl (C=O) groups excluding carboxylic acids is 1. The molecule has 2 aromatic rings. The zero-order valence-corrected chi connectivity index (χ0v) is 17.1. The lowest BCUT2D eigenvalue weighted by molar-refractivity contribution is -0.124. The van der Waals surface area contributed by atoms with Gasteiger partial charge in [-0.05, 0) is 56.2 Å². The predicted molar refractivity (Wildman–Crippen MR) is 111 cm³/mol. The van der Waals surface area contributed by atoms with Crippen LogP contribution in [0.5, 0.6) is 0 Å². The first-order valence-corrected chi connectivity index (χ1v) is 10.1. The summed E-state index contributed by atoms with van der Waals surface area (Å²) in [6.07, 6.45) is 0.931. The van der Waals surface area contributed by atoms with Crippen LogP contribution in [0.25, 0.3) is 0 Å². The van der Waals surface area contributed by atoms with Crippen molar-refractivity contribution < 1.29 is 17.9 Å². The van der Waals surface area contributed by atoms with Crippen molar-refractivity contribution in [1.29, 1.82) is 0 Å². The lowest BCUT2D eigenvalue weighted by atomic mass is 9.90. The second-order valence-electron chi connectivity index (χ2n) is 6.72. The molecule has 1 fully saturated rings. The zero-order valence-electron chi connectivity index (χ0n) is 15.5. The topological polar surface area (TPSA) is 111 Å². The summed E-state index contributed by atoms with van der Waals surface area (Å²) in [5.74, 6) is -0.265. The average molecular weight is 426 g/mol. The molecule has 0 radical (unpaired) electrons. The summed E-state index contributed by atoms with van der Waals surface area (Å²) >= 11 is 0. The van der Waals surface area contributed by atoms with Gasteiger partial charge in [0.2, 0.25) is 5.91 Å². The maximum atomic E-state index is 12.4. The number of rotatable bonds is 5. The molecule has 3 rings (SSSR count). The van der Waals surface area contributed by atoms with Gasteiger partial charge in [0.05, 0.1) is 4.90 Å². The van der Waals surface area contributed by atoms with Crippen LogP contribution in [0.3, 0.4) is 0 Å². The molecule has 28 heavy (non-hydrogen) atoms. The molecule has 152 valence electrons. The van der Waals surface area contributed by atoms with Gasteiger partial charge in [-0.3, -0.25) is 9.52 Å². The number of ether oxygens (including phenoxy) is 1. The summed E-state index contributed by atoms with van der Waals surface area (Å²) in [7, 11) is -3.66. The third kappa shape index (κ3) is 5.23. The molecular formula is C19H24ClN3O4S. The Labute approximate surface area is 171 Å². The second-order valence-corrected chi connectivity index (χ2v) is 8.40. The maximum Gasteiger partial charge on any atom is 0.261 e. The summed E-state index contributed by atoms with van der Waals surface area (Å²) in [5.41, 5.74) is 7.15. The number of nitrogens with two attached hydrogens (primary N) is 1. The Bertz CT molecular complexity index is 909. The standard InChI is InChI=1S/C19H23N3O4S.ClH/c1-14-2-8-17(9-3-14)27(24,25)22-16-6-4-15(5-7-16)21-18(23)19(20)10-12-26-13-11-19;/h2-9,22H,10-13,20H2,1H3,(H,21,23);1H. The van der Waals surface area contributed by atoms with Crippen LogP contribution in [-0.2, 0) is 19.6 Å². The van der Waals surface area contributed by atoms with Crippen molar-refractivity contribution in [3.63, 3.8) is 0 Å². The first-order valence-electron chi connectivity index (χ1n) is 8.66. The number of amides is 1. The van der Waals surface area contributed by atoms with Crippen LogP contribution in [0, 0.1) is 6.92 Å². The minimum Gasteiger partial charge on any atom is -0.381 e. The lowest BCUT2D eigenvalue weighted by Gasteiger charge is -2.31. The lowest BCUT2D eigenvalue weighted by Crippen LogP contribution is -2.54. The Morgan fingerprint density at radius 2 is 1.54 bits per heavy atom. The third-order valence-electron chi connectivity index (χ3n) is 4.56. The fraction of sp³-hybridized carbons (Fsp3) is 0.316. The summed E-state index contributed by atoms with van der Waals surface area (Å²) in [6, 6.07) is 13.0. The normalized spacial score (nSPS) is 15.9. The average Bonchev–Trinajstić information content (AvgIpc) is 2.64. The largest absolute Gasteiger partial charge is 0.381 e. The fourth-order valence-electron chi connectivity index (χ4n) is 2.77. The van der Waals surface area contributed by atoms with Crippen LogP contribution in [0.4, 0.5) is 11.4 Å². The fourth-order valence-corrected chi connectivity index (χ4v) is 3.83. The number of aryl methyl sites for hydroxylation is 1. The van der Waals surface area contributed by atoms with E-state index < -0.39 is 15.6 Å². The van der Waals surface area contributed by atoms with Gasteiger partial charge in [-0.15, -0.1) is 12.4 Å². The summed E-state index contributed by atoms with van der Waals surface area (Å²) < 4.78 is 32.6. The van der Waals surface area contributed by atoms with Crippen molar-refractivity contribution in [2.75, 3.05) is 23.3 Å². The predicted octanol–water partition coefficient (Wildman–Crippen LogP) is 2.66. The number of nitrogens with one attached hydrogen (secondary N) is 2. The molecule has 0 bridgehead atoms.